The van der Waals surface area contributed by atoms with E-state index >= 15 is 0 Å². The van der Waals surface area contributed by atoms with Crippen molar-refractivity contribution < 1.29 is 9.53 Å². The molecule has 0 aromatic carbocycles. The number of hydrogen-bond acceptors (Lipinski definition) is 3. The first kappa shape index (κ1) is 11.8. The molecule has 17 heavy (non-hydrogen) atoms. The summed E-state index contributed by atoms with van der Waals surface area (Å²) in [6.07, 6.45) is 2.66. The van der Waals surface area contributed by atoms with Gasteiger partial charge in [-0.2, -0.15) is 0 Å². The van der Waals surface area contributed by atoms with Gasteiger partial charge in [0.1, 0.15) is 0 Å². The molecule has 2 heterocycles. The summed E-state index contributed by atoms with van der Waals surface area (Å²) in [5.74, 6) is 2.49. The van der Waals surface area contributed by atoms with E-state index in [2.05, 4.69) is 18.7 Å². The maximum absolute atomic E-state index is 12.0. The van der Waals surface area contributed by atoms with Crippen molar-refractivity contribution in [2.24, 2.45) is 11.8 Å². The SMILES string of the molecule is CCO[C@@H]1CSC2(C1)CN(C(=O)[C@@H]1C[C@@H]1C)C2. The van der Waals surface area contributed by atoms with Crippen LogP contribution >= 0.6 is 11.8 Å². The highest BCUT2D eigenvalue weighted by molar-refractivity contribution is 8.01. The van der Waals surface area contributed by atoms with Crippen molar-refractivity contribution in [1.29, 1.82) is 0 Å². The Hall–Kier alpha value is -0.220. The van der Waals surface area contributed by atoms with Crippen molar-refractivity contribution in [3.05, 3.63) is 0 Å². The first-order valence-corrected chi connectivity index (χ1v) is 7.66. The third-order valence-electron chi connectivity index (χ3n) is 4.27. The average molecular weight is 255 g/mol. The maximum atomic E-state index is 12.0. The normalized spacial score (nSPS) is 38.2. The second kappa shape index (κ2) is 4.16. The second-order valence-electron chi connectivity index (χ2n) is 5.79. The largest absolute Gasteiger partial charge is 0.378 e. The molecule has 0 unspecified atom stereocenters. The van der Waals surface area contributed by atoms with Crippen LogP contribution in [0.5, 0.6) is 0 Å². The van der Waals surface area contributed by atoms with Crippen LogP contribution in [0, 0.1) is 11.8 Å². The molecule has 0 aromatic heterocycles. The molecule has 1 aliphatic carbocycles. The van der Waals surface area contributed by atoms with E-state index in [1.807, 2.05) is 11.8 Å². The first-order chi connectivity index (χ1) is 8.13. The molecule has 3 fully saturated rings. The number of carbonyl (C=O) groups is 1. The van der Waals surface area contributed by atoms with Crippen LogP contribution in [-0.2, 0) is 9.53 Å². The van der Waals surface area contributed by atoms with Crippen LogP contribution in [-0.4, -0.2) is 47.1 Å². The molecule has 1 saturated carbocycles. The van der Waals surface area contributed by atoms with E-state index in [4.69, 9.17) is 4.74 Å². The van der Waals surface area contributed by atoms with E-state index in [0.717, 1.165) is 38.3 Å². The fourth-order valence-corrected chi connectivity index (χ4v) is 4.62. The van der Waals surface area contributed by atoms with Gasteiger partial charge in [-0.05, 0) is 25.7 Å². The molecule has 3 atom stereocenters. The summed E-state index contributed by atoms with van der Waals surface area (Å²) in [4.78, 5) is 14.1. The topological polar surface area (TPSA) is 29.5 Å². The molecule has 3 rings (SSSR count). The third-order valence-corrected chi connectivity index (χ3v) is 5.85. The Morgan fingerprint density at radius 3 is 2.82 bits per heavy atom. The van der Waals surface area contributed by atoms with Crippen LogP contribution in [0.4, 0.5) is 0 Å². The molecule has 96 valence electrons. The van der Waals surface area contributed by atoms with Crippen LogP contribution in [0.2, 0.25) is 0 Å². The number of ether oxygens (including phenoxy) is 1. The van der Waals surface area contributed by atoms with Crippen molar-refractivity contribution in [2.45, 2.75) is 37.5 Å². The van der Waals surface area contributed by atoms with Gasteiger partial charge in [0.2, 0.25) is 5.91 Å². The number of rotatable bonds is 3. The van der Waals surface area contributed by atoms with E-state index in [1.54, 1.807) is 0 Å². The molecule has 0 bridgehead atoms. The summed E-state index contributed by atoms with van der Waals surface area (Å²) in [7, 11) is 0. The Morgan fingerprint density at radius 2 is 2.24 bits per heavy atom. The molecule has 1 spiro atoms. The lowest BCUT2D eigenvalue weighted by molar-refractivity contribution is -0.138. The van der Waals surface area contributed by atoms with Gasteiger partial charge in [0.05, 0.1) is 10.9 Å². The minimum Gasteiger partial charge on any atom is -0.378 e. The molecule has 3 aliphatic rings. The molecule has 3 nitrogen and oxygen atoms in total. The van der Waals surface area contributed by atoms with Gasteiger partial charge < -0.3 is 9.64 Å². The fraction of sp³-hybridized carbons (Fsp3) is 0.923. The third kappa shape index (κ3) is 2.10. The number of likely N-dealkylation sites (tertiary alicyclic amines) is 1. The Morgan fingerprint density at radius 1 is 1.53 bits per heavy atom. The van der Waals surface area contributed by atoms with Crippen LogP contribution in [0.1, 0.15) is 26.7 Å². The van der Waals surface area contributed by atoms with Gasteiger partial charge in [-0.1, -0.05) is 6.92 Å². The molecule has 4 heteroatoms. The summed E-state index contributed by atoms with van der Waals surface area (Å²) >= 11 is 2.01. The molecule has 0 radical (unpaired) electrons. The van der Waals surface area contributed by atoms with Crippen molar-refractivity contribution in [3.8, 4) is 0 Å². The summed E-state index contributed by atoms with van der Waals surface area (Å²) in [6.45, 7) is 6.96. The van der Waals surface area contributed by atoms with E-state index in [-0.39, 0.29) is 0 Å². The monoisotopic (exact) mass is 255 g/mol. The molecule has 0 N–H and O–H groups in total. The minimum atomic E-state index is 0.341. The van der Waals surface area contributed by atoms with Crippen molar-refractivity contribution in [3.63, 3.8) is 0 Å². The quantitative estimate of drug-likeness (QED) is 0.769. The lowest BCUT2D eigenvalue weighted by Crippen LogP contribution is -2.61. The van der Waals surface area contributed by atoms with Gasteiger partial charge in [0, 0.05) is 31.4 Å². The average Bonchev–Trinajstić information content (AvgIpc) is 2.82. The van der Waals surface area contributed by atoms with Gasteiger partial charge in [0.25, 0.3) is 0 Å². The Bertz CT molecular complexity index is 327. The highest BCUT2D eigenvalue weighted by atomic mass is 32.2. The number of carbonyl (C=O) groups excluding carboxylic acids is 1. The van der Waals surface area contributed by atoms with Gasteiger partial charge in [-0.15, -0.1) is 11.8 Å². The highest BCUT2D eigenvalue weighted by Crippen LogP contribution is 2.48. The van der Waals surface area contributed by atoms with Gasteiger partial charge in [-0.3, -0.25) is 4.79 Å². The van der Waals surface area contributed by atoms with Crippen molar-refractivity contribution >= 4 is 17.7 Å². The summed E-state index contributed by atoms with van der Waals surface area (Å²) in [6, 6.07) is 0. The molecule has 2 saturated heterocycles. The van der Waals surface area contributed by atoms with E-state index in [1.165, 1.54) is 0 Å². The van der Waals surface area contributed by atoms with E-state index < -0.39 is 0 Å². The van der Waals surface area contributed by atoms with Gasteiger partial charge in [0.15, 0.2) is 0 Å². The van der Waals surface area contributed by atoms with Crippen molar-refractivity contribution in [1.82, 2.24) is 4.90 Å². The molecule has 2 aliphatic heterocycles. The maximum Gasteiger partial charge on any atom is 0.226 e. The lowest BCUT2D eigenvalue weighted by atomic mass is 9.92. The zero-order valence-electron chi connectivity index (χ0n) is 10.6. The zero-order valence-corrected chi connectivity index (χ0v) is 11.5. The number of hydrogen-bond donors (Lipinski definition) is 0. The van der Waals surface area contributed by atoms with Gasteiger partial charge in [-0.25, -0.2) is 0 Å². The summed E-state index contributed by atoms with van der Waals surface area (Å²) in [5.41, 5.74) is 0. The molecular weight excluding hydrogens is 234 g/mol. The Labute approximate surface area is 107 Å². The van der Waals surface area contributed by atoms with E-state index in [9.17, 15) is 4.79 Å². The number of amides is 1. The second-order valence-corrected chi connectivity index (χ2v) is 7.28. The number of nitrogens with zero attached hydrogens (tertiary/aromatic N) is 1. The smallest absolute Gasteiger partial charge is 0.226 e. The summed E-state index contributed by atoms with van der Waals surface area (Å²) < 4.78 is 6.02. The Balaban J connectivity index is 1.49. The molecular formula is C13H21NO2S. The van der Waals surface area contributed by atoms with Crippen LogP contribution < -0.4 is 0 Å². The summed E-state index contributed by atoms with van der Waals surface area (Å²) in [5, 5.41) is 0. The zero-order chi connectivity index (χ0) is 12.0. The predicted molar refractivity (Wildman–Crippen MR) is 69.1 cm³/mol. The van der Waals surface area contributed by atoms with Crippen LogP contribution in [0.25, 0.3) is 0 Å². The molecule has 1 amide bonds. The van der Waals surface area contributed by atoms with Gasteiger partial charge >= 0.3 is 0 Å². The standard InChI is InChI=1S/C13H21NO2S/c1-3-16-10-5-13(17-6-10)7-14(8-13)12(15)11-4-9(11)2/h9-11H,3-8H2,1-2H3/t9-,10-,11+/m0/s1. The fourth-order valence-electron chi connectivity index (χ4n) is 3.07. The first-order valence-electron chi connectivity index (χ1n) is 6.68. The molecule has 0 aromatic rings. The Kier molecular flexibility index (Phi) is 2.90. The highest BCUT2D eigenvalue weighted by Gasteiger charge is 2.53. The van der Waals surface area contributed by atoms with E-state index in [0.29, 0.717) is 28.6 Å². The van der Waals surface area contributed by atoms with Crippen molar-refractivity contribution in [2.75, 3.05) is 25.4 Å². The van der Waals surface area contributed by atoms with Crippen LogP contribution in [0.15, 0.2) is 0 Å². The predicted octanol–water partition coefficient (Wildman–Crippen LogP) is 1.77. The minimum absolute atomic E-state index is 0.341. The number of thioether (sulfide) groups is 1. The van der Waals surface area contributed by atoms with Crippen LogP contribution in [0.3, 0.4) is 0 Å². The lowest BCUT2D eigenvalue weighted by Gasteiger charge is -2.47.